The first-order valence-corrected chi connectivity index (χ1v) is 13.2. The minimum Gasteiger partial charge on any atom is -0.497 e. The molecular formula is C30H31N5O7. The second-order valence-electron chi connectivity index (χ2n) is 9.75. The van der Waals surface area contributed by atoms with Crippen molar-refractivity contribution in [3.63, 3.8) is 0 Å². The number of nitro groups is 1. The van der Waals surface area contributed by atoms with Crippen LogP contribution < -0.4 is 15.0 Å². The van der Waals surface area contributed by atoms with Crippen molar-refractivity contribution in [1.29, 1.82) is 0 Å². The van der Waals surface area contributed by atoms with Crippen LogP contribution in [0.15, 0.2) is 78.9 Å². The summed E-state index contributed by atoms with van der Waals surface area (Å²) < 4.78 is 5.19. The number of methoxy groups -OCH3 is 1. The van der Waals surface area contributed by atoms with Crippen LogP contribution in [0.25, 0.3) is 0 Å². The van der Waals surface area contributed by atoms with Gasteiger partial charge in [0.15, 0.2) is 0 Å². The largest absolute Gasteiger partial charge is 0.497 e. The number of nitro benzene ring substituents is 1. The van der Waals surface area contributed by atoms with Gasteiger partial charge in [-0.25, -0.2) is 0 Å². The number of nitrogens with one attached hydrogen (secondary N) is 1. The van der Waals surface area contributed by atoms with E-state index < -0.39 is 28.7 Å². The van der Waals surface area contributed by atoms with E-state index in [9.17, 15) is 29.3 Å². The summed E-state index contributed by atoms with van der Waals surface area (Å²) in [5.74, 6) is -1.16. The average Bonchev–Trinajstić information content (AvgIpc) is 3.01. The molecule has 0 unspecified atom stereocenters. The Balaban J connectivity index is 1.40. The Morgan fingerprint density at radius 3 is 2.38 bits per heavy atom. The second-order valence-corrected chi connectivity index (χ2v) is 9.75. The van der Waals surface area contributed by atoms with E-state index in [0.717, 1.165) is 5.56 Å². The zero-order valence-corrected chi connectivity index (χ0v) is 23.3. The van der Waals surface area contributed by atoms with Gasteiger partial charge >= 0.3 is 0 Å². The summed E-state index contributed by atoms with van der Waals surface area (Å²) in [6, 6.07) is 20.6. The number of amides is 4. The van der Waals surface area contributed by atoms with Crippen LogP contribution in [0.2, 0.25) is 0 Å². The molecule has 12 heteroatoms. The third kappa shape index (κ3) is 7.27. The maximum Gasteiger partial charge on any atom is 0.270 e. The third-order valence-electron chi connectivity index (χ3n) is 6.95. The number of hydrogen-bond acceptors (Lipinski definition) is 7. The van der Waals surface area contributed by atoms with Crippen molar-refractivity contribution in [1.82, 2.24) is 15.1 Å². The molecule has 1 aliphatic rings. The number of carbonyl (C=O) groups is 4. The van der Waals surface area contributed by atoms with Crippen LogP contribution in [0.3, 0.4) is 0 Å². The molecule has 1 fully saturated rings. The minimum atomic E-state index is -0.904. The highest BCUT2D eigenvalue weighted by Gasteiger charge is 2.31. The third-order valence-corrected chi connectivity index (χ3v) is 6.95. The molecule has 3 aromatic rings. The molecule has 3 aromatic carbocycles. The molecule has 0 bridgehead atoms. The molecule has 0 spiro atoms. The van der Waals surface area contributed by atoms with Gasteiger partial charge in [0, 0.05) is 49.9 Å². The number of rotatable bonds is 10. The van der Waals surface area contributed by atoms with E-state index in [4.69, 9.17) is 4.74 Å². The fourth-order valence-corrected chi connectivity index (χ4v) is 4.61. The molecule has 218 valence electrons. The van der Waals surface area contributed by atoms with Crippen molar-refractivity contribution in [2.45, 2.75) is 12.5 Å². The number of benzene rings is 3. The topological polar surface area (TPSA) is 142 Å². The lowest BCUT2D eigenvalue weighted by Crippen LogP contribution is -2.56. The van der Waals surface area contributed by atoms with Gasteiger partial charge in [-0.15, -0.1) is 0 Å². The predicted molar refractivity (Wildman–Crippen MR) is 154 cm³/mol. The van der Waals surface area contributed by atoms with Crippen molar-refractivity contribution in [2.24, 2.45) is 0 Å². The number of hydrogen-bond donors (Lipinski definition) is 1. The summed E-state index contributed by atoms with van der Waals surface area (Å²) in [5.41, 5.74) is 1.35. The standard InChI is InChI=1S/C30H31N5O7/c1-32(23-11-13-25(42-2)14-12-23)30(39)26(17-21-7-4-3-5-8-21)31-27(36)19-33-15-16-34(20-28(33)37)29(38)22-9-6-10-24(18-22)35(40)41/h3-14,18,26H,15-17,19-20H2,1-2H3,(H,31,36)/t26-/m0/s1. The van der Waals surface area contributed by atoms with Crippen LogP contribution in [0, 0.1) is 10.1 Å². The molecule has 0 radical (unpaired) electrons. The fourth-order valence-electron chi connectivity index (χ4n) is 4.61. The van der Waals surface area contributed by atoms with E-state index in [0.29, 0.717) is 11.4 Å². The molecule has 4 amide bonds. The summed E-state index contributed by atoms with van der Waals surface area (Å²) in [4.78, 5) is 66.9. The Kier molecular flexibility index (Phi) is 9.48. The average molecular weight is 574 g/mol. The van der Waals surface area contributed by atoms with Crippen molar-refractivity contribution in [3.8, 4) is 5.75 Å². The van der Waals surface area contributed by atoms with Crippen LogP contribution in [-0.4, -0.2) is 84.7 Å². The van der Waals surface area contributed by atoms with E-state index in [2.05, 4.69) is 5.32 Å². The summed E-state index contributed by atoms with van der Waals surface area (Å²) in [7, 11) is 3.17. The Hall–Kier alpha value is -5.26. The lowest BCUT2D eigenvalue weighted by atomic mass is 10.0. The van der Waals surface area contributed by atoms with Gasteiger partial charge < -0.3 is 24.8 Å². The molecule has 0 aromatic heterocycles. The van der Waals surface area contributed by atoms with E-state index in [1.165, 1.54) is 39.0 Å². The molecule has 4 rings (SSSR count). The second kappa shape index (κ2) is 13.4. The molecule has 1 heterocycles. The highest BCUT2D eigenvalue weighted by molar-refractivity contribution is 6.00. The molecule has 1 aliphatic heterocycles. The molecule has 42 heavy (non-hydrogen) atoms. The highest BCUT2D eigenvalue weighted by atomic mass is 16.6. The smallest absolute Gasteiger partial charge is 0.270 e. The van der Waals surface area contributed by atoms with Crippen LogP contribution >= 0.6 is 0 Å². The van der Waals surface area contributed by atoms with Crippen molar-refractivity contribution in [3.05, 3.63) is 100 Å². The Morgan fingerprint density at radius 1 is 1.02 bits per heavy atom. The predicted octanol–water partition coefficient (Wildman–Crippen LogP) is 2.28. The quantitative estimate of drug-likeness (QED) is 0.290. The highest BCUT2D eigenvalue weighted by Crippen LogP contribution is 2.20. The Morgan fingerprint density at radius 2 is 1.74 bits per heavy atom. The Bertz CT molecular complexity index is 1460. The minimum absolute atomic E-state index is 0.0932. The number of carbonyl (C=O) groups excluding carboxylic acids is 4. The monoisotopic (exact) mass is 573 g/mol. The van der Waals surface area contributed by atoms with Gasteiger partial charge in [-0.3, -0.25) is 29.3 Å². The van der Waals surface area contributed by atoms with Gasteiger partial charge in [0.05, 0.1) is 18.6 Å². The zero-order valence-electron chi connectivity index (χ0n) is 23.3. The fraction of sp³-hybridized carbons (Fsp3) is 0.267. The normalized spacial score (nSPS) is 13.7. The summed E-state index contributed by atoms with van der Waals surface area (Å²) in [5, 5.41) is 13.8. The number of nitrogens with zero attached hydrogens (tertiary/aromatic N) is 4. The zero-order chi connectivity index (χ0) is 30.2. The van der Waals surface area contributed by atoms with E-state index in [1.807, 2.05) is 30.3 Å². The van der Waals surface area contributed by atoms with Gasteiger partial charge in [0.25, 0.3) is 11.6 Å². The van der Waals surface area contributed by atoms with E-state index >= 15 is 0 Å². The van der Waals surface area contributed by atoms with Crippen molar-refractivity contribution >= 4 is 35.0 Å². The van der Waals surface area contributed by atoms with Gasteiger partial charge in [-0.05, 0) is 35.9 Å². The molecule has 0 aliphatic carbocycles. The summed E-state index contributed by atoms with van der Waals surface area (Å²) >= 11 is 0. The molecular weight excluding hydrogens is 542 g/mol. The Labute approximate surface area is 242 Å². The van der Waals surface area contributed by atoms with Crippen LogP contribution in [0.1, 0.15) is 15.9 Å². The van der Waals surface area contributed by atoms with Crippen LogP contribution in [0.5, 0.6) is 5.75 Å². The number of anilines is 1. The number of piperazine rings is 1. The summed E-state index contributed by atoms with van der Waals surface area (Å²) in [6.45, 7) is -0.326. The van der Waals surface area contributed by atoms with Crippen molar-refractivity contribution < 1.29 is 28.8 Å². The van der Waals surface area contributed by atoms with Gasteiger partial charge in [0.2, 0.25) is 17.7 Å². The number of likely N-dealkylation sites (N-methyl/N-ethyl adjacent to an activating group) is 1. The van der Waals surface area contributed by atoms with E-state index in [1.54, 1.807) is 38.4 Å². The van der Waals surface area contributed by atoms with Crippen molar-refractivity contribution in [2.75, 3.05) is 45.2 Å². The van der Waals surface area contributed by atoms with Gasteiger partial charge in [0.1, 0.15) is 18.3 Å². The van der Waals surface area contributed by atoms with Crippen LogP contribution in [0.4, 0.5) is 11.4 Å². The molecule has 0 saturated carbocycles. The lowest BCUT2D eigenvalue weighted by molar-refractivity contribution is -0.384. The first kappa shape index (κ1) is 29.7. The van der Waals surface area contributed by atoms with Gasteiger partial charge in [-0.1, -0.05) is 36.4 Å². The molecule has 1 saturated heterocycles. The SMILES string of the molecule is COc1ccc(N(C)C(=O)[C@H](Cc2ccccc2)NC(=O)CN2CCN(C(=O)c3cccc([N+](=O)[O-])c3)CC2=O)cc1. The number of ether oxygens (including phenoxy) is 1. The van der Waals surface area contributed by atoms with Gasteiger partial charge in [-0.2, -0.15) is 0 Å². The summed E-state index contributed by atoms with van der Waals surface area (Å²) in [6.07, 6.45) is 0.241. The maximum absolute atomic E-state index is 13.5. The molecule has 1 N–H and O–H groups in total. The first-order valence-electron chi connectivity index (χ1n) is 13.2. The maximum atomic E-state index is 13.5. The van der Waals surface area contributed by atoms with E-state index in [-0.39, 0.29) is 49.8 Å². The first-order chi connectivity index (χ1) is 20.2. The molecule has 12 nitrogen and oxygen atoms in total. The molecule has 1 atom stereocenters. The van der Waals surface area contributed by atoms with Crippen LogP contribution in [-0.2, 0) is 20.8 Å². The lowest BCUT2D eigenvalue weighted by Gasteiger charge is -2.34. The number of non-ortho nitro benzene ring substituents is 1.